The van der Waals surface area contributed by atoms with Crippen molar-refractivity contribution in [3.8, 4) is 0 Å². The molecule has 0 aliphatic heterocycles. The van der Waals surface area contributed by atoms with Crippen LogP contribution in [0.1, 0.15) is 226 Å². The number of nitrogens with one attached hydrogen (secondary N) is 1. The third kappa shape index (κ3) is 42.9. The topological polar surface area (TPSA) is 119 Å². The number of carbonyl (C=O) groups excluding carboxylic acids is 2. The number of aliphatic carboxylic acids is 1. The molecule has 0 rings (SSSR count). The fourth-order valence-corrected chi connectivity index (χ4v) is 7.07. The lowest BCUT2D eigenvalue weighted by atomic mass is 10.0. The molecule has 344 valence electrons. The first-order valence-electron chi connectivity index (χ1n) is 24.8. The molecule has 0 aromatic carbocycles. The van der Waals surface area contributed by atoms with Crippen LogP contribution in [0.5, 0.6) is 0 Å². The van der Waals surface area contributed by atoms with Gasteiger partial charge in [-0.3, -0.25) is 9.59 Å². The lowest BCUT2D eigenvalue weighted by Gasteiger charge is -2.18. The number of amides is 1. The van der Waals surface area contributed by atoms with E-state index in [0.717, 1.165) is 103 Å². The van der Waals surface area contributed by atoms with Gasteiger partial charge in [0.05, 0.1) is 0 Å². The van der Waals surface area contributed by atoms with E-state index in [2.05, 4.69) is 92.1 Å². The number of unbranched alkanes of at least 4 members (excludes halogenated alkanes) is 18. The highest BCUT2D eigenvalue weighted by molar-refractivity contribution is 5.83. The second kappa shape index (κ2) is 46.9. The monoisotopic (exact) mass is 837 g/mol. The number of rotatable bonds is 44. The maximum absolute atomic E-state index is 12.9. The molecule has 2 unspecified atom stereocenters. The Morgan fingerprint density at radius 2 is 0.933 bits per heavy atom. The van der Waals surface area contributed by atoms with Crippen LogP contribution in [0, 0.1) is 0 Å². The molecule has 2 atom stereocenters. The van der Waals surface area contributed by atoms with Crippen LogP contribution in [0.4, 0.5) is 0 Å². The number of hydrogen-bond donors (Lipinski definition) is 3. The van der Waals surface area contributed by atoms with Gasteiger partial charge in [0.25, 0.3) is 0 Å². The van der Waals surface area contributed by atoms with Crippen LogP contribution in [-0.2, 0) is 19.1 Å². The highest BCUT2D eigenvalue weighted by Crippen LogP contribution is 2.18. The summed E-state index contributed by atoms with van der Waals surface area (Å²) in [4.78, 5) is 36.5. The van der Waals surface area contributed by atoms with Crippen LogP contribution in [0.25, 0.3) is 0 Å². The van der Waals surface area contributed by atoms with Crippen molar-refractivity contribution in [1.82, 2.24) is 5.32 Å². The van der Waals surface area contributed by atoms with Gasteiger partial charge in [0.2, 0.25) is 5.91 Å². The number of carboxylic acids is 1. The van der Waals surface area contributed by atoms with Crippen LogP contribution < -0.4 is 11.1 Å². The Morgan fingerprint density at radius 3 is 1.45 bits per heavy atom. The van der Waals surface area contributed by atoms with Crippen molar-refractivity contribution in [2.75, 3.05) is 6.54 Å². The summed E-state index contributed by atoms with van der Waals surface area (Å²) in [5.74, 6) is -1.27. The molecule has 0 fully saturated rings. The fourth-order valence-electron chi connectivity index (χ4n) is 7.07. The average Bonchev–Trinajstić information content (AvgIpc) is 3.23. The Kier molecular flexibility index (Phi) is 44.4. The first kappa shape index (κ1) is 56.8. The SMILES string of the molecule is CC/C=C\C/C=C\C/C=C\C/C=C\CCCCCCCCCCC(=O)OC(CCC/C=C\C/C=C\CCCCCCC)CCCCCCCC(=O)NC(CCCN)C(=O)O. The molecule has 60 heavy (non-hydrogen) atoms. The van der Waals surface area contributed by atoms with E-state index in [1.165, 1.54) is 83.5 Å². The summed E-state index contributed by atoms with van der Waals surface area (Å²) in [5, 5.41) is 12.0. The number of carboxylic acid groups (broad SMARTS) is 1. The standard InChI is InChI=1S/C53H92N2O5/c1-3-5-7-9-11-13-15-17-18-19-20-21-22-23-24-26-28-30-32-37-41-47-52(57)60-49(43-38-34-31-29-27-25-16-14-12-10-8-6-4-2)44-39-35-33-36-40-46-51(56)55-50(53(58)59)45-42-48-54/h5,7,11,13,16-18,20-21,25,29,31,49-50H,3-4,6,8-10,12,14-15,19,22-24,26-28,30,32-48,54H2,1-2H3,(H,55,56)(H,58,59)/b7-5-,13-11-,18-17-,21-20-,25-16-,31-29-. The second-order valence-electron chi connectivity index (χ2n) is 16.5. The van der Waals surface area contributed by atoms with Crippen molar-refractivity contribution in [2.24, 2.45) is 5.73 Å². The van der Waals surface area contributed by atoms with Gasteiger partial charge in [0, 0.05) is 12.8 Å². The number of carbonyl (C=O) groups is 3. The van der Waals surface area contributed by atoms with E-state index < -0.39 is 12.0 Å². The maximum Gasteiger partial charge on any atom is 0.326 e. The number of hydrogen-bond acceptors (Lipinski definition) is 5. The minimum Gasteiger partial charge on any atom is -0.480 e. The molecule has 4 N–H and O–H groups in total. The van der Waals surface area contributed by atoms with Crippen LogP contribution >= 0.6 is 0 Å². The molecule has 7 nitrogen and oxygen atoms in total. The van der Waals surface area contributed by atoms with Gasteiger partial charge in [-0.25, -0.2) is 4.79 Å². The predicted octanol–water partition coefficient (Wildman–Crippen LogP) is 14.7. The smallest absolute Gasteiger partial charge is 0.326 e. The third-order valence-electron chi connectivity index (χ3n) is 10.8. The average molecular weight is 837 g/mol. The summed E-state index contributed by atoms with van der Waals surface area (Å²) in [7, 11) is 0. The largest absolute Gasteiger partial charge is 0.480 e. The first-order chi connectivity index (χ1) is 29.4. The molecule has 1 amide bonds. The lowest BCUT2D eigenvalue weighted by Crippen LogP contribution is -2.40. The van der Waals surface area contributed by atoms with Gasteiger partial charge < -0.3 is 20.9 Å². The number of allylic oxidation sites excluding steroid dienone is 12. The first-order valence-corrected chi connectivity index (χ1v) is 24.8. The Bertz CT molecular complexity index is 1170. The molecule has 0 heterocycles. The van der Waals surface area contributed by atoms with Gasteiger partial charge in [0.1, 0.15) is 12.1 Å². The maximum atomic E-state index is 12.9. The summed E-state index contributed by atoms with van der Waals surface area (Å²) < 4.78 is 6.05. The molecular formula is C53H92N2O5. The van der Waals surface area contributed by atoms with Crippen LogP contribution in [0.3, 0.4) is 0 Å². The summed E-state index contributed by atoms with van der Waals surface area (Å²) in [6.07, 6.45) is 61.0. The zero-order valence-electron chi connectivity index (χ0n) is 38.8. The lowest BCUT2D eigenvalue weighted by molar-refractivity contribution is -0.150. The minimum absolute atomic E-state index is 0.0394. The molecule has 0 aliphatic rings. The summed E-state index contributed by atoms with van der Waals surface area (Å²) in [5.41, 5.74) is 5.50. The van der Waals surface area contributed by atoms with Crippen molar-refractivity contribution in [3.05, 3.63) is 72.9 Å². The second-order valence-corrected chi connectivity index (χ2v) is 16.5. The van der Waals surface area contributed by atoms with Gasteiger partial charge in [-0.1, -0.05) is 170 Å². The Labute approximate surface area is 369 Å². The highest BCUT2D eigenvalue weighted by atomic mass is 16.5. The Balaban J connectivity index is 4.34. The van der Waals surface area contributed by atoms with Crippen LogP contribution in [0.2, 0.25) is 0 Å². The number of nitrogens with two attached hydrogens (primary N) is 1. The fraction of sp³-hybridized carbons (Fsp3) is 0.717. The zero-order valence-corrected chi connectivity index (χ0v) is 38.8. The molecule has 0 saturated carbocycles. The Hall–Kier alpha value is -3.19. The van der Waals surface area contributed by atoms with Crippen molar-refractivity contribution in [3.63, 3.8) is 0 Å². The van der Waals surface area contributed by atoms with Crippen LogP contribution in [0.15, 0.2) is 72.9 Å². The van der Waals surface area contributed by atoms with Gasteiger partial charge in [-0.05, 0) is 122 Å². The predicted molar refractivity (Wildman–Crippen MR) is 257 cm³/mol. The quantitative estimate of drug-likeness (QED) is 0.0319. The van der Waals surface area contributed by atoms with Crippen molar-refractivity contribution in [2.45, 2.75) is 238 Å². The molecule has 0 aromatic rings. The summed E-state index contributed by atoms with van der Waals surface area (Å²) >= 11 is 0. The molecule has 0 bridgehead atoms. The third-order valence-corrected chi connectivity index (χ3v) is 10.8. The molecular weight excluding hydrogens is 745 g/mol. The number of esters is 1. The highest BCUT2D eigenvalue weighted by Gasteiger charge is 2.19. The summed E-state index contributed by atoms with van der Waals surface area (Å²) in [6, 6.07) is -0.865. The van der Waals surface area contributed by atoms with Gasteiger partial charge in [-0.2, -0.15) is 0 Å². The van der Waals surface area contributed by atoms with E-state index in [9.17, 15) is 19.5 Å². The van der Waals surface area contributed by atoms with Gasteiger partial charge >= 0.3 is 11.9 Å². The molecule has 0 aliphatic carbocycles. The van der Waals surface area contributed by atoms with E-state index in [1.807, 2.05) is 0 Å². The molecule has 7 heteroatoms. The Morgan fingerprint density at radius 1 is 0.500 bits per heavy atom. The van der Waals surface area contributed by atoms with Gasteiger partial charge in [0.15, 0.2) is 0 Å². The summed E-state index contributed by atoms with van der Waals surface area (Å²) in [6.45, 7) is 4.82. The van der Waals surface area contributed by atoms with Crippen molar-refractivity contribution < 1.29 is 24.2 Å². The van der Waals surface area contributed by atoms with Gasteiger partial charge in [-0.15, -0.1) is 0 Å². The molecule has 0 radical (unpaired) electrons. The molecule has 0 aromatic heterocycles. The zero-order chi connectivity index (χ0) is 43.8. The van der Waals surface area contributed by atoms with Crippen LogP contribution in [-0.4, -0.2) is 41.6 Å². The molecule has 0 spiro atoms. The minimum atomic E-state index is -1.01. The van der Waals surface area contributed by atoms with E-state index in [4.69, 9.17) is 10.5 Å². The van der Waals surface area contributed by atoms with E-state index in [0.29, 0.717) is 32.2 Å². The normalized spacial score (nSPS) is 13.2. The number of ether oxygens (including phenoxy) is 1. The van der Waals surface area contributed by atoms with Crippen molar-refractivity contribution in [1.29, 1.82) is 0 Å². The van der Waals surface area contributed by atoms with E-state index in [1.54, 1.807) is 0 Å². The van der Waals surface area contributed by atoms with E-state index in [-0.39, 0.29) is 18.0 Å². The van der Waals surface area contributed by atoms with Crippen molar-refractivity contribution >= 4 is 17.8 Å². The van der Waals surface area contributed by atoms with E-state index >= 15 is 0 Å². The molecule has 0 saturated heterocycles.